The fraction of sp³-hybridized carbons (Fsp3) is 0.273. The largest absolute Gasteiger partial charge is 0.304 e. The van der Waals surface area contributed by atoms with E-state index in [2.05, 4.69) is 49.6 Å². The van der Waals surface area contributed by atoms with Crippen LogP contribution in [0.1, 0.15) is 23.5 Å². The SMILES string of the molecule is CC(NCc1sccc1Br)c1cnccn1. The van der Waals surface area contributed by atoms with Crippen molar-refractivity contribution in [2.24, 2.45) is 0 Å². The Labute approximate surface area is 107 Å². The van der Waals surface area contributed by atoms with Gasteiger partial charge in [-0.15, -0.1) is 11.3 Å². The van der Waals surface area contributed by atoms with Crippen LogP contribution in [0.2, 0.25) is 0 Å². The normalized spacial score (nSPS) is 12.6. The summed E-state index contributed by atoms with van der Waals surface area (Å²) < 4.78 is 1.16. The summed E-state index contributed by atoms with van der Waals surface area (Å²) in [6.45, 7) is 2.93. The number of thiophene rings is 1. The summed E-state index contributed by atoms with van der Waals surface area (Å²) >= 11 is 5.26. The number of nitrogens with zero attached hydrogens (tertiary/aromatic N) is 2. The summed E-state index contributed by atoms with van der Waals surface area (Å²) in [6.07, 6.45) is 5.20. The second-order valence-electron chi connectivity index (χ2n) is 3.42. The average Bonchev–Trinajstić information content (AvgIpc) is 2.73. The lowest BCUT2D eigenvalue weighted by Gasteiger charge is -2.11. The Kier molecular flexibility index (Phi) is 4.04. The first-order valence-corrected chi connectivity index (χ1v) is 6.66. The van der Waals surface area contributed by atoms with Crippen molar-refractivity contribution in [3.63, 3.8) is 0 Å². The summed E-state index contributed by atoms with van der Waals surface area (Å²) in [5, 5.41) is 5.50. The van der Waals surface area contributed by atoms with Crippen molar-refractivity contribution in [1.82, 2.24) is 15.3 Å². The van der Waals surface area contributed by atoms with E-state index in [0.717, 1.165) is 16.7 Å². The van der Waals surface area contributed by atoms with E-state index in [1.807, 2.05) is 0 Å². The quantitative estimate of drug-likeness (QED) is 0.942. The molecule has 0 aromatic carbocycles. The van der Waals surface area contributed by atoms with Gasteiger partial charge in [0.05, 0.1) is 5.69 Å². The van der Waals surface area contributed by atoms with Gasteiger partial charge >= 0.3 is 0 Å². The van der Waals surface area contributed by atoms with E-state index < -0.39 is 0 Å². The second kappa shape index (κ2) is 5.52. The molecular weight excluding hydrogens is 286 g/mol. The molecule has 3 nitrogen and oxygen atoms in total. The molecular formula is C11H12BrN3S. The minimum atomic E-state index is 0.211. The van der Waals surface area contributed by atoms with Gasteiger partial charge in [-0.2, -0.15) is 0 Å². The lowest BCUT2D eigenvalue weighted by Crippen LogP contribution is -2.18. The average molecular weight is 298 g/mol. The maximum absolute atomic E-state index is 4.27. The van der Waals surface area contributed by atoms with Crippen molar-refractivity contribution >= 4 is 27.3 Å². The summed E-state index contributed by atoms with van der Waals surface area (Å²) in [5.41, 5.74) is 0.968. The molecule has 0 amide bonds. The van der Waals surface area contributed by atoms with E-state index >= 15 is 0 Å². The minimum absolute atomic E-state index is 0.211. The van der Waals surface area contributed by atoms with Gasteiger partial charge in [0.25, 0.3) is 0 Å². The van der Waals surface area contributed by atoms with Gasteiger partial charge < -0.3 is 5.32 Å². The molecule has 1 N–H and O–H groups in total. The standard InChI is InChI=1S/C11H12BrN3S/c1-8(10-6-13-3-4-14-10)15-7-11-9(12)2-5-16-11/h2-6,8,15H,7H2,1H3. The third-order valence-corrected chi connectivity index (χ3v) is 4.21. The van der Waals surface area contributed by atoms with E-state index in [1.165, 1.54) is 4.88 Å². The number of rotatable bonds is 4. The third-order valence-electron chi connectivity index (χ3n) is 2.29. The summed E-state index contributed by atoms with van der Waals surface area (Å²) in [4.78, 5) is 9.63. The lowest BCUT2D eigenvalue weighted by molar-refractivity contribution is 0.562. The Balaban J connectivity index is 1.94. The molecule has 0 fully saturated rings. The van der Waals surface area contributed by atoms with Crippen molar-refractivity contribution < 1.29 is 0 Å². The molecule has 2 heterocycles. The fourth-order valence-electron chi connectivity index (χ4n) is 1.34. The molecule has 16 heavy (non-hydrogen) atoms. The Morgan fingerprint density at radius 2 is 2.38 bits per heavy atom. The smallest absolute Gasteiger partial charge is 0.0753 e. The Bertz CT molecular complexity index is 444. The topological polar surface area (TPSA) is 37.8 Å². The molecule has 1 atom stereocenters. The molecule has 0 bridgehead atoms. The van der Waals surface area contributed by atoms with Crippen LogP contribution in [0.25, 0.3) is 0 Å². The highest BCUT2D eigenvalue weighted by atomic mass is 79.9. The number of nitrogens with one attached hydrogen (secondary N) is 1. The second-order valence-corrected chi connectivity index (χ2v) is 5.28. The summed E-state index contributed by atoms with van der Waals surface area (Å²) in [5.74, 6) is 0. The van der Waals surface area contributed by atoms with Gasteiger partial charge in [0, 0.05) is 40.5 Å². The Morgan fingerprint density at radius 3 is 3.00 bits per heavy atom. The van der Waals surface area contributed by atoms with E-state index in [4.69, 9.17) is 0 Å². The van der Waals surface area contributed by atoms with E-state index in [9.17, 15) is 0 Å². The molecule has 0 spiro atoms. The van der Waals surface area contributed by atoms with Crippen LogP contribution < -0.4 is 5.32 Å². The number of hydrogen-bond acceptors (Lipinski definition) is 4. The predicted molar refractivity (Wildman–Crippen MR) is 69.3 cm³/mol. The molecule has 0 aliphatic carbocycles. The van der Waals surface area contributed by atoms with Crippen LogP contribution in [0.3, 0.4) is 0 Å². The molecule has 84 valence electrons. The van der Waals surface area contributed by atoms with Crippen molar-refractivity contribution in [2.45, 2.75) is 19.5 Å². The van der Waals surface area contributed by atoms with Crippen molar-refractivity contribution in [1.29, 1.82) is 0 Å². The summed E-state index contributed by atoms with van der Waals surface area (Å²) in [6, 6.07) is 2.27. The molecule has 2 rings (SSSR count). The molecule has 1 unspecified atom stereocenters. The van der Waals surface area contributed by atoms with E-state index in [1.54, 1.807) is 29.9 Å². The van der Waals surface area contributed by atoms with Gasteiger partial charge in [-0.25, -0.2) is 0 Å². The first-order chi connectivity index (χ1) is 7.77. The molecule has 2 aromatic heterocycles. The van der Waals surface area contributed by atoms with Crippen molar-refractivity contribution in [3.8, 4) is 0 Å². The highest BCUT2D eigenvalue weighted by Crippen LogP contribution is 2.23. The van der Waals surface area contributed by atoms with Crippen molar-refractivity contribution in [2.75, 3.05) is 0 Å². The summed E-state index contributed by atoms with van der Waals surface area (Å²) in [7, 11) is 0. The Morgan fingerprint density at radius 1 is 1.50 bits per heavy atom. The zero-order chi connectivity index (χ0) is 11.4. The Hall–Kier alpha value is -0.780. The third kappa shape index (κ3) is 2.87. The predicted octanol–water partition coefficient (Wildman–Crippen LogP) is 3.15. The zero-order valence-electron chi connectivity index (χ0n) is 8.85. The van der Waals surface area contributed by atoms with E-state index in [-0.39, 0.29) is 6.04 Å². The van der Waals surface area contributed by atoms with Crippen molar-refractivity contribution in [3.05, 3.63) is 45.1 Å². The first-order valence-electron chi connectivity index (χ1n) is 4.98. The maximum Gasteiger partial charge on any atom is 0.0753 e. The highest BCUT2D eigenvalue weighted by Gasteiger charge is 2.07. The van der Waals surface area contributed by atoms with Crippen LogP contribution in [0.4, 0.5) is 0 Å². The molecule has 0 aliphatic rings. The van der Waals surface area contributed by atoms with E-state index in [0.29, 0.717) is 0 Å². The van der Waals surface area contributed by atoms with Gasteiger partial charge in [0.2, 0.25) is 0 Å². The zero-order valence-corrected chi connectivity index (χ0v) is 11.3. The molecule has 0 aliphatic heterocycles. The van der Waals surface area contributed by atoms with Gasteiger partial charge in [-0.3, -0.25) is 9.97 Å². The monoisotopic (exact) mass is 297 g/mol. The fourth-order valence-corrected chi connectivity index (χ4v) is 2.78. The number of halogens is 1. The molecule has 5 heteroatoms. The van der Waals surface area contributed by atoms with Crippen LogP contribution in [0.5, 0.6) is 0 Å². The van der Waals surface area contributed by atoms with Gasteiger partial charge in [-0.05, 0) is 34.3 Å². The van der Waals surface area contributed by atoms with Crippen LogP contribution in [-0.2, 0) is 6.54 Å². The van der Waals surface area contributed by atoms with Crippen LogP contribution >= 0.6 is 27.3 Å². The van der Waals surface area contributed by atoms with Gasteiger partial charge in [0.15, 0.2) is 0 Å². The van der Waals surface area contributed by atoms with Crippen LogP contribution in [-0.4, -0.2) is 9.97 Å². The van der Waals surface area contributed by atoms with Crippen LogP contribution in [0.15, 0.2) is 34.5 Å². The number of aromatic nitrogens is 2. The molecule has 0 saturated carbocycles. The molecule has 0 saturated heterocycles. The minimum Gasteiger partial charge on any atom is -0.304 e. The van der Waals surface area contributed by atoms with Gasteiger partial charge in [0.1, 0.15) is 0 Å². The number of hydrogen-bond donors (Lipinski definition) is 1. The van der Waals surface area contributed by atoms with Crippen LogP contribution in [0, 0.1) is 0 Å². The highest BCUT2D eigenvalue weighted by molar-refractivity contribution is 9.10. The lowest BCUT2D eigenvalue weighted by atomic mass is 10.2. The molecule has 2 aromatic rings. The first kappa shape index (κ1) is 11.7. The molecule has 0 radical (unpaired) electrons. The maximum atomic E-state index is 4.27. The van der Waals surface area contributed by atoms with Gasteiger partial charge in [-0.1, -0.05) is 0 Å².